The minimum atomic E-state index is -0.472. The number of rotatable bonds is 3. The van der Waals surface area contributed by atoms with Crippen LogP contribution in [-0.2, 0) is 11.2 Å². The molecule has 1 aliphatic heterocycles. The fraction of sp³-hybridized carbons (Fsp3) is 0.500. The Balaban J connectivity index is 2.36. The molecule has 1 aliphatic rings. The first-order chi connectivity index (χ1) is 8.77. The van der Waals surface area contributed by atoms with Crippen LogP contribution in [0.25, 0.3) is 0 Å². The van der Waals surface area contributed by atoms with Gasteiger partial charge < -0.3 is 15.3 Å². The highest BCUT2D eigenvalue weighted by Crippen LogP contribution is 2.24. The number of carbonyl (C=O) groups is 1. The number of nitrogens with zero attached hydrogens (tertiary/aromatic N) is 1. The van der Waals surface area contributed by atoms with Gasteiger partial charge in [-0.25, -0.2) is 0 Å². The molecule has 1 aromatic rings. The van der Waals surface area contributed by atoms with Crippen molar-refractivity contribution < 1.29 is 9.90 Å². The molecule has 4 heteroatoms. The van der Waals surface area contributed by atoms with Crippen LogP contribution in [0.15, 0.2) is 24.3 Å². The van der Waals surface area contributed by atoms with Crippen molar-refractivity contribution in [2.75, 3.05) is 24.6 Å². The molecule has 0 spiro atoms. The average molecular weight is 248 g/mol. The third-order valence-electron chi connectivity index (χ3n) is 3.41. The molecule has 1 heterocycles. The van der Waals surface area contributed by atoms with E-state index >= 15 is 0 Å². The van der Waals surface area contributed by atoms with Gasteiger partial charge in [-0.15, -0.1) is 0 Å². The lowest BCUT2D eigenvalue weighted by Crippen LogP contribution is -2.47. The zero-order valence-electron chi connectivity index (χ0n) is 10.7. The van der Waals surface area contributed by atoms with Gasteiger partial charge in [-0.1, -0.05) is 25.1 Å². The van der Waals surface area contributed by atoms with E-state index in [-0.39, 0.29) is 12.5 Å². The molecule has 2 rings (SSSR count). The Kier molecular flexibility index (Phi) is 4.20. The van der Waals surface area contributed by atoms with Gasteiger partial charge in [0, 0.05) is 18.8 Å². The van der Waals surface area contributed by atoms with Crippen LogP contribution in [0.5, 0.6) is 0 Å². The first-order valence-corrected chi connectivity index (χ1v) is 6.51. The van der Waals surface area contributed by atoms with Crippen LogP contribution >= 0.6 is 0 Å². The number of aryl methyl sites for hydroxylation is 1. The normalized spacial score (nSPS) is 20.4. The van der Waals surface area contributed by atoms with Crippen molar-refractivity contribution in [3.63, 3.8) is 0 Å². The molecule has 18 heavy (non-hydrogen) atoms. The summed E-state index contributed by atoms with van der Waals surface area (Å²) in [5, 5.41) is 12.3. The molecule has 0 bridgehead atoms. The van der Waals surface area contributed by atoms with Crippen LogP contribution in [0.1, 0.15) is 18.9 Å². The zero-order valence-corrected chi connectivity index (χ0v) is 10.7. The lowest BCUT2D eigenvalue weighted by molar-refractivity contribution is -0.122. The van der Waals surface area contributed by atoms with E-state index in [0.717, 1.165) is 25.1 Å². The number of anilines is 1. The van der Waals surface area contributed by atoms with Crippen LogP contribution < -0.4 is 10.2 Å². The number of nitrogens with one attached hydrogen (secondary N) is 1. The summed E-state index contributed by atoms with van der Waals surface area (Å²) in [7, 11) is 0. The predicted molar refractivity (Wildman–Crippen MR) is 71.7 cm³/mol. The summed E-state index contributed by atoms with van der Waals surface area (Å²) >= 11 is 0. The second-order valence-electron chi connectivity index (χ2n) is 4.52. The van der Waals surface area contributed by atoms with Gasteiger partial charge in [0.15, 0.2) is 0 Å². The molecule has 98 valence electrons. The topological polar surface area (TPSA) is 52.6 Å². The summed E-state index contributed by atoms with van der Waals surface area (Å²) in [5.74, 6) is -0.0825. The molecule has 4 nitrogen and oxygen atoms in total. The highest BCUT2D eigenvalue weighted by atomic mass is 16.3. The quantitative estimate of drug-likeness (QED) is 0.837. The Bertz CT molecular complexity index is 420. The summed E-state index contributed by atoms with van der Waals surface area (Å²) in [4.78, 5) is 13.9. The molecule has 1 amide bonds. The Morgan fingerprint density at radius 2 is 2.22 bits per heavy atom. The van der Waals surface area contributed by atoms with E-state index in [1.807, 2.05) is 23.1 Å². The lowest BCUT2D eigenvalue weighted by Gasteiger charge is -2.30. The van der Waals surface area contributed by atoms with Crippen molar-refractivity contribution >= 4 is 11.6 Å². The first-order valence-electron chi connectivity index (χ1n) is 6.51. The van der Waals surface area contributed by atoms with Crippen LogP contribution in [0, 0.1) is 0 Å². The number of amides is 1. The highest BCUT2D eigenvalue weighted by Gasteiger charge is 2.28. The first kappa shape index (κ1) is 12.9. The Morgan fingerprint density at radius 3 is 2.94 bits per heavy atom. The largest absolute Gasteiger partial charge is 0.394 e. The van der Waals surface area contributed by atoms with E-state index in [1.54, 1.807) is 0 Å². The van der Waals surface area contributed by atoms with E-state index in [1.165, 1.54) is 5.56 Å². The Morgan fingerprint density at radius 1 is 1.44 bits per heavy atom. The standard InChI is InChI=1S/C14H20N2O2/c1-2-11-6-3-4-7-12(11)16-9-5-8-15-14(18)13(16)10-17/h3-4,6-7,13,17H,2,5,8-10H2,1H3,(H,15,18). The monoisotopic (exact) mass is 248 g/mol. The van der Waals surface area contributed by atoms with E-state index in [9.17, 15) is 9.90 Å². The molecular weight excluding hydrogens is 228 g/mol. The van der Waals surface area contributed by atoms with Crippen molar-refractivity contribution in [2.45, 2.75) is 25.8 Å². The van der Waals surface area contributed by atoms with E-state index in [2.05, 4.69) is 18.3 Å². The predicted octanol–water partition coefficient (Wildman–Crippen LogP) is 0.936. The molecule has 0 aromatic heterocycles. The lowest BCUT2D eigenvalue weighted by atomic mass is 10.1. The maximum atomic E-state index is 11.9. The number of aliphatic hydroxyl groups is 1. The Labute approximate surface area is 108 Å². The molecule has 0 radical (unpaired) electrons. The van der Waals surface area contributed by atoms with Gasteiger partial charge in [0.05, 0.1) is 6.61 Å². The highest BCUT2D eigenvalue weighted by molar-refractivity contribution is 5.86. The van der Waals surface area contributed by atoms with Crippen molar-refractivity contribution in [1.82, 2.24) is 5.32 Å². The van der Waals surface area contributed by atoms with Crippen molar-refractivity contribution in [1.29, 1.82) is 0 Å². The van der Waals surface area contributed by atoms with Gasteiger partial charge >= 0.3 is 0 Å². The number of hydrogen-bond acceptors (Lipinski definition) is 3. The van der Waals surface area contributed by atoms with Crippen LogP contribution in [0.4, 0.5) is 5.69 Å². The molecule has 1 atom stereocenters. The molecule has 0 aliphatic carbocycles. The van der Waals surface area contributed by atoms with E-state index < -0.39 is 6.04 Å². The van der Waals surface area contributed by atoms with Crippen LogP contribution in [0.3, 0.4) is 0 Å². The number of aliphatic hydroxyl groups excluding tert-OH is 1. The number of hydrogen-bond donors (Lipinski definition) is 2. The SMILES string of the molecule is CCc1ccccc1N1CCCNC(=O)C1CO. The zero-order chi connectivity index (χ0) is 13.0. The third-order valence-corrected chi connectivity index (χ3v) is 3.41. The fourth-order valence-corrected chi connectivity index (χ4v) is 2.44. The Hall–Kier alpha value is -1.55. The van der Waals surface area contributed by atoms with Gasteiger partial charge in [0.1, 0.15) is 6.04 Å². The fourth-order valence-electron chi connectivity index (χ4n) is 2.44. The molecule has 0 saturated carbocycles. The number of benzene rings is 1. The van der Waals surface area contributed by atoms with Gasteiger partial charge in [-0.05, 0) is 24.5 Å². The average Bonchev–Trinajstić information content (AvgIpc) is 2.60. The van der Waals surface area contributed by atoms with Gasteiger partial charge in [0.2, 0.25) is 5.91 Å². The van der Waals surface area contributed by atoms with Crippen LogP contribution in [0.2, 0.25) is 0 Å². The molecular formula is C14H20N2O2. The van der Waals surface area contributed by atoms with Gasteiger partial charge in [-0.3, -0.25) is 4.79 Å². The summed E-state index contributed by atoms with van der Waals surface area (Å²) < 4.78 is 0. The van der Waals surface area contributed by atoms with E-state index in [4.69, 9.17) is 0 Å². The number of para-hydroxylation sites is 1. The maximum Gasteiger partial charge on any atom is 0.245 e. The van der Waals surface area contributed by atoms with Gasteiger partial charge in [-0.2, -0.15) is 0 Å². The minimum Gasteiger partial charge on any atom is -0.394 e. The summed E-state index contributed by atoms with van der Waals surface area (Å²) in [6.45, 7) is 3.43. The third kappa shape index (κ3) is 2.48. The van der Waals surface area contributed by atoms with Gasteiger partial charge in [0.25, 0.3) is 0 Å². The summed E-state index contributed by atoms with van der Waals surface area (Å²) in [5.41, 5.74) is 2.28. The molecule has 1 saturated heterocycles. The maximum absolute atomic E-state index is 11.9. The molecule has 1 unspecified atom stereocenters. The van der Waals surface area contributed by atoms with E-state index in [0.29, 0.717) is 6.54 Å². The number of carbonyl (C=O) groups excluding carboxylic acids is 1. The second-order valence-corrected chi connectivity index (χ2v) is 4.52. The summed E-state index contributed by atoms with van der Waals surface area (Å²) in [6.07, 6.45) is 1.83. The molecule has 1 fully saturated rings. The second kappa shape index (κ2) is 5.87. The molecule has 2 N–H and O–H groups in total. The van der Waals surface area contributed by atoms with Crippen molar-refractivity contribution in [3.05, 3.63) is 29.8 Å². The summed E-state index contributed by atoms with van der Waals surface area (Å²) in [6, 6.07) is 7.62. The molecule has 1 aromatic carbocycles. The van der Waals surface area contributed by atoms with Crippen LogP contribution in [-0.4, -0.2) is 36.8 Å². The van der Waals surface area contributed by atoms with Crippen molar-refractivity contribution in [3.8, 4) is 0 Å². The minimum absolute atomic E-state index is 0.0825. The van der Waals surface area contributed by atoms with Crippen molar-refractivity contribution in [2.24, 2.45) is 0 Å². The smallest absolute Gasteiger partial charge is 0.245 e.